The molecule has 0 aliphatic carbocycles. The van der Waals surface area contributed by atoms with E-state index in [0.29, 0.717) is 0 Å². The normalized spacial score (nSPS) is 21.4. The highest BCUT2D eigenvalue weighted by atomic mass is 79.9. The minimum Gasteiger partial charge on any atom is -0.478 e. The molecule has 0 bridgehead atoms. The van der Waals surface area contributed by atoms with Crippen molar-refractivity contribution in [3.63, 3.8) is 0 Å². The maximum absolute atomic E-state index is 13.0. The van der Waals surface area contributed by atoms with Gasteiger partial charge in [-0.1, -0.05) is 15.9 Å². The first kappa shape index (κ1) is 10.3. The highest BCUT2D eigenvalue weighted by Crippen LogP contribution is 2.40. The first-order valence-corrected chi connectivity index (χ1v) is 5.73. The summed E-state index contributed by atoms with van der Waals surface area (Å²) in [5.41, 5.74) is -1.47. The van der Waals surface area contributed by atoms with Gasteiger partial charge >= 0.3 is 12.1 Å². The molecule has 0 aromatic heterocycles. The van der Waals surface area contributed by atoms with Gasteiger partial charge in [0.15, 0.2) is 0 Å². The molecule has 102 valence electrons. The number of alkyl halides is 3. The summed E-state index contributed by atoms with van der Waals surface area (Å²) in [6, 6.07) is 2.42. The molecule has 0 radical (unpaired) electrons. The van der Waals surface area contributed by atoms with Crippen LogP contribution in [0.4, 0.5) is 13.2 Å². The Bertz CT molecular complexity index is 668. The predicted octanol–water partition coefficient (Wildman–Crippen LogP) is 3.55. The van der Waals surface area contributed by atoms with Crippen molar-refractivity contribution in [1.29, 1.82) is 0 Å². The van der Waals surface area contributed by atoms with E-state index in [2.05, 4.69) is 15.9 Å². The van der Waals surface area contributed by atoms with Gasteiger partial charge in [-0.25, -0.2) is 4.79 Å². The Labute approximate surface area is 119 Å². The fourth-order valence-corrected chi connectivity index (χ4v) is 2.17. The molecule has 0 unspecified atom stereocenters. The van der Waals surface area contributed by atoms with Crippen LogP contribution in [0.5, 0.6) is 5.75 Å². The minimum absolute atomic E-state index is 0.0431. The lowest BCUT2D eigenvalue weighted by Crippen LogP contribution is -2.40. The highest BCUT2D eigenvalue weighted by Gasteiger charge is 2.48. The third-order valence-electron chi connectivity index (χ3n) is 2.46. The lowest BCUT2D eigenvalue weighted by atomic mass is 9.99. The van der Waals surface area contributed by atoms with E-state index in [1.54, 1.807) is 0 Å². The van der Waals surface area contributed by atoms with Gasteiger partial charge in [-0.05, 0) is 30.6 Å². The molecular formula is C12H8BrF3O3. The molecule has 3 nitrogen and oxygen atoms in total. The fourth-order valence-electron chi connectivity index (χ4n) is 1.70. The quantitative estimate of drug-likeness (QED) is 0.851. The van der Waals surface area contributed by atoms with Crippen LogP contribution >= 0.6 is 15.9 Å². The number of aryl methyl sites for hydroxylation is 1. The third kappa shape index (κ3) is 2.60. The van der Waals surface area contributed by atoms with Crippen molar-refractivity contribution in [2.24, 2.45) is 0 Å². The third-order valence-corrected chi connectivity index (χ3v) is 2.91. The van der Waals surface area contributed by atoms with Crippen LogP contribution in [0.25, 0.3) is 6.08 Å². The molecule has 1 aliphatic heterocycles. The van der Waals surface area contributed by atoms with Gasteiger partial charge in [0.05, 0.1) is 5.57 Å². The number of rotatable bonds is 1. The van der Waals surface area contributed by atoms with E-state index in [0.717, 1.165) is 12.1 Å². The second-order valence-electron chi connectivity index (χ2n) is 3.82. The molecule has 1 N–H and O–H groups in total. The molecule has 0 spiro atoms. The Morgan fingerprint density at radius 2 is 2.21 bits per heavy atom. The van der Waals surface area contributed by atoms with Crippen LogP contribution in [-0.4, -0.2) is 23.4 Å². The zero-order valence-electron chi connectivity index (χ0n) is 12.1. The molecule has 1 aromatic rings. The van der Waals surface area contributed by atoms with Crippen LogP contribution in [-0.2, 0) is 4.79 Å². The summed E-state index contributed by atoms with van der Waals surface area (Å²) in [5, 5.41) is 8.92. The van der Waals surface area contributed by atoms with Crippen LogP contribution in [0.15, 0.2) is 22.2 Å². The average molecular weight is 340 g/mol. The number of benzene rings is 1. The second-order valence-corrected chi connectivity index (χ2v) is 4.73. The zero-order chi connectivity index (χ0) is 16.9. The zero-order valence-corrected chi connectivity index (χ0v) is 10.7. The number of hydrogen-bond donors (Lipinski definition) is 1. The number of fused-ring (bicyclic) bond motifs is 1. The SMILES string of the molecule is [2H]C([2H])([2H])c1cc(Br)cc2c1O[C@@H](C(F)(F)F)C(C(=O)O)=C2. The summed E-state index contributed by atoms with van der Waals surface area (Å²) < 4.78 is 66.1. The Morgan fingerprint density at radius 3 is 2.74 bits per heavy atom. The Morgan fingerprint density at radius 1 is 1.53 bits per heavy atom. The smallest absolute Gasteiger partial charge is 0.430 e. The molecule has 0 amide bonds. The van der Waals surface area contributed by atoms with Crippen molar-refractivity contribution in [2.75, 3.05) is 0 Å². The van der Waals surface area contributed by atoms with Crippen molar-refractivity contribution in [3.05, 3.63) is 33.3 Å². The number of aliphatic carboxylic acids is 1. The fraction of sp³-hybridized carbons (Fsp3) is 0.250. The van der Waals surface area contributed by atoms with Gasteiger partial charge in [0.2, 0.25) is 6.10 Å². The molecular weight excluding hydrogens is 329 g/mol. The van der Waals surface area contributed by atoms with Crippen molar-refractivity contribution in [1.82, 2.24) is 0 Å². The first-order valence-electron chi connectivity index (χ1n) is 6.43. The van der Waals surface area contributed by atoms with E-state index in [4.69, 9.17) is 14.0 Å². The van der Waals surface area contributed by atoms with E-state index < -0.39 is 42.0 Å². The largest absolute Gasteiger partial charge is 0.478 e. The first-order chi connectivity index (χ1) is 9.91. The van der Waals surface area contributed by atoms with E-state index in [-0.39, 0.29) is 10.0 Å². The maximum atomic E-state index is 13.0. The molecule has 0 saturated carbocycles. The molecule has 1 heterocycles. The monoisotopic (exact) mass is 339 g/mol. The number of carboxylic acids is 1. The van der Waals surface area contributed by atoms with Gasteiger partial charge in [-0.15, -0.1) is 0 Å². The number of ether oxygens (including phenoxy) is 1. The van der Waals surface area contributed by atoms with Gasteiger partial charge < -0.3 is 9.84 Å². The molecule has 1 atom stereocenters. The van der Waals surface area contributed by atoms with Gasteiger partial charge in [0.25, 0.3) is 0 Å². The number of halogens is 4. The topological polar surface area (TPSA) is 46.5 Å². The molecule has 19 heavy (non-hydrogen) atoms. The van der Waals surface area contributed by atoms with Gasteiger partial charge in [0.1, 0.15) is 5.75 Å². The molecule has 1 aromatic carbocycles. The number of carboxylic acid groups (broad SMARTS) is 1. The molecule has 1 aliphatic rings. The van der Waals surface area contributed by atoms with E-state index in [1.807, 2.05) is 0 Å². The number of hydrogen-bond acceptors (Lipinski definition) is 2. The van der Waals surface area contributed by atoms with Crippen LogP contribution in [0.2, 0.25) is 0 Å². The summed E-state index contributed by atoms with van der Waals surface area (Å²) >= 11 is 3.04. The van der Waals surface area contributed by atoms with Crippen molar-refractivity contribution in [2.45, 2.75) is 19.1 Å². The van der Waals surface area contributed by atoms with Crippen molar-refractivity contribution >= 4 is 28.0 Å². The van der Waals surface area contributed by atoms with Crippen LogP contribution in [0.3, 0.4) is 0 Å². The molecule has 7 heteroatoms. The Hall–Kier alpha value is -1.50. The lowest BCUT2D eigenvalue weighted by Gasteiger charge is -2.28. The minimum atomic E-state index is -4.99. The van der Waals surface area contributed by atoms with Crippen molar-refractivity contribution < 1.29 is 31.9 Å². The second kappa shape index (κ2) is 4.56. The Balaban J connectivity index is 2.71. The van der Waals surface area contributed by atoms with Crippen LogP contribution in [0, 0.1) is 6.85 Å². The Kier molecular flexibility index (Phi) is 2.47. The lowest BCUT2D eigenvalue weighted by molar-refractivity contribution is -0.187. The molecule has 2 rings (SSSR count). The van der Waals surface area contributed by atoms with Gasteiger partial charge in [-0.2, -0.15) is 13.2 Å². The van der Waals surface area contributed by atoms with Crippen LogP contribution in [0.1, 0.15) is 15.2 Å². The van der Waals surface area contributed by atoms with Gasteiger partial charge in [0, 0.05) is 14.1 Å². The summed E-state index contributed by atoms with van der Waals surface area (Å²) in [7, 11) is 0. The average Bonchev–Trinajstić information content (AvgIpc) is 2.33. The van der Waals surface area contributed by atoms with E-state index in [1.165, 1.54) is 6.07 Å². The summed E-state index contributed by atoms with van der Waals surface area (Å²) in [6.45, 7) is -2.71. The molecule has 0 fully saturated rings. The van der Waals surface area contributed by atoms with Crippen LogP contribution < -0.4 is 4.74 Å². The van der Waals surface area contributed by atoms with Crippen molar-refractivity contribution in [3.8, 4) is 5.75 Å². The predicted molar refractivity (Wildman–Crippen MR) is 65.0 cm³/mol. The molecule has 0 saturated heterocycles. The number of carbonyl (C=O) groups is 1. The summed E-state index contributed by atoms with van der Waals surface area (Å²) in [4.78, 5) is 11.0. The standard InChI is InChI=1S/C12H8BrF3O3/c1-5-2-7(13)3-6-4-8(11(17)18)10(12(14,15)16)19-9(5)6/h2-4,10H,1H3,(H,17,18)/t10-/m1/s1/i1D3. The summed E-state index contributed by atoms with van der Waals surface area (Å²) in [6.07, 6.45) is -6.93. The van der Waals surface area contributed by atoms with E-state index >= 15 is 0 Å². The van der Waals surface area contributed by atoms with E-state index in [9.17, 15) is 18.0 Å². The highest BCUT2D eigenvalue weighted by molar-refractivity contribution is 9.10. The van der Waals surface area contributed by atoms with Gasteiger partial charge in [-0.3, -0.25) is 0 Å². The maximum Gasteiger partial charge on any atom is 0.430 e. The summed E-state index contributed by atoms with van der Waals surface area (Å²) in [5.74, 6) is -2.28.